The molecule has 2 unspecified atom stereocenters. The Bertz CT molecular complexity index is 312. The highest BCUT2D eigenvalue weighted by Crippen LogP contribution is 2.45. The van der Waals surface area contributed by atoms with Gasteiger partial charge < -0.3 is 10.1 Å². The summed E-state index contributed by atoms with van der Waals surface area (Å²) >= 11 is 0. The number of nitrogens with one attached hydrogen (secondary N) is 1. The molecular weight excluding hydrogens is 236 g/mol. The highest BCUT2D eigenvalue weighted by molar-refractivity contribution is 5.06. The molecule has 0 aromatic carbocycles. The molecule has 3 heteroatoms. The Labute approximate surface area is 118 Å². The normalized spacial score (nSPS) is 36.9. The van der Waals surface area contributed by atoms with Gasteiger partial charge in [-0.25, -0.2) is 0 Å². The van der Waals surface area contributed by atoms with Crippen LogP contribution in [0.1, 0.15) is 46.5 Å². The van der Waals surface area contributed by atoms with Gasteiger partial charge in [-0.05, 0) is 58.3 Å². The van der Waals surface area contributed by atoms with Crippen LogP contribution < -0.4 is 5.32 Å². The maximum Gasteiger partial charge on any atom is 0.0597 e. The molecule has 0 aromatic heterocycles. The van der Waals surface area contributed by atoms with Gasteiger partial charge in [-0.1, -0.05) is 0 Å². The Hall–Kier alpha value is -0.120. The second kappa shape index (κ2) is 5.34. The predicted octanol–water partition coefficient (Wildman–Crippen LogP) is 2.26. The minimum absolute atomic E-state index is 0.356. The van der Waals surface area contributed by atoms with Crippen LogP contribution in [-0.2, 0) is 4.74 Å². The summed E-state index contributed by atoms with van der Waals surface area (Å²) < 4.78 is 5.79. The topological polar surface area (TPSA) is 24.5 Å². The third kappa shape index (κ3) is 3.14. The summed E-state index contributed by atoms with van der Waals surface area (Å²) in [6.07, 6.45) is 6.08. The summed E-state index contributed by atoms with van der Waals surface area (Å²) in [6.45, 7) is 11.1. The molecule has 0 amide bonds. The molecule has 110 valence electrons. The van der Waals surface area contributed by atoms with E-state index in [0.29, 0.717) is 11.6 Å². The van der Waals surface area contributed by atoms with Crippen molar-refractivity contribution in [1.82, 2.24) is 10.2 Å². The van der Waals surface area contributed by atoms with Crippen LogP contribution in [0.2, 0.25) is 0 Å². The quantitative estimate of drug-likeness (QED) is 0.798. The predicted molar refractivity (Wildman–Crippen MR) is 78.3 cm³/mol. The van der Waals surface area contributed by atoms with Gasteiger partial charge in [-0.3, -0.25) is 4.90 Å². The molecule has 0 radical (unpaired) electrons. The molecule has 0 aromatic rings. The minimum Gasteiger partial charge on any atom is -0.377 e. The van der Waals surface area contributed by atoms with E-state index in [0.717, 1.165) is 31.0 Å². The molecule has 1 saturated heterocycles. The van der Waals surface area contributed by atoms with E-state index in [1.54, 1.807) is 0 Å². The molecule has 3 rings (SSSR count). The van der Waals surface area contributed by atoms with Crippen molar-refractivity contribution in [1.29, 1.82) is 0 Å². The second-order valence-electron chi connectivity index (χ2n) is 7.32. The maximum absolute atomic E-state index is 5.79. The van der Waals surface area contributed by atoms with Crippen LogP contribution in [0.4, 0.5) is 0 Å². The molecule has 3 aliphatic rings. The number of rotatable bonds is 6. The highest BCUT2D eigenvalue weighted by Gasteiger charge is 2.49. The van der Waals surface area contributed by atoms with E-state index in [4.69, 9.17) is 4.74 Å². The van der Waals surface area contributed by atoms with Crippen molar-refractivity contribution < 1.29 is 4.74 Å². The fourth-order valence-electron chi connectivity index (χ4n) is 3.63. The van der Waals surface area contributed by atoms with Crippen molar-refractivity contribution >= 4 is 0 Å². The lowest BCUT2D eigenvalue weighted by molar-refractivity contribution is -0.00810. The van der Waals surface area contributed by atoms with Gasteiger partial charge in [0.1, 0.15) is 0 Å². The first-order valence-electron chi connectivity index (χ1n) is 8.19. The summed E-state index contributed by atoms with van der Waals surface area (Å²) in [5.41, 5.74) is 0.381. The summed E-state index contributed by atoms with van der Waals surface area (Å²) in [5.74, 6) is 1.87. The largest absolute Gasteiger partial charge is 0.377 e. The Morgan fingerprint density at radius 2 is 2.00 bits per heavy atom. The van der Waals surface area contributed by atoms with E-state index in [1.165, 1.54) is 38.8 Å². The van der Waals surface area contributed by atoms with Gasteiger partial charge in [0.05, 0.1) is 12.7 Å². The third-order valence-corrected chi connectivity index (χ3v) is 5.32. The molecule has 2 atom stereocenters. The van der Waals surface area contributed by atoms with Crippen LogP contribution in [0.5, 0.6) is 0 Å². The maximum atomic E-state index is 5.79. The smallest absolute Gasteiger partial charge is 0.0597 e. The summed E-state index contributed by atoms with van der Waals surface area (Å²) in [7, 11) is 0. The van der Waals surface area contributed by atoms with Crippen LogP contribution in [-0.4, -0.2) is 48.8 Å². The van der Waals surface area contributed by atoms with Crippen LogP contribution in [0.25, 0.3) is 0 Å². The van der Waals surface area contributed by atoms with E-state index >= 15 is 0 Å². The first-order valence-corrected chi connectivity index (χ1v) is 8.19. The average Bonchev–Trinajstić information content (AvgIpc) is 3.23. The van der Waals surface area contributed by atoms with Crippen LogP contribution in [0.3, 0.4) is 0 Å². The van der Waals surface area contributed by atoms with Crippen molar-refractivity contribution in [3.05, 3.63) is 0 Å². The van der Waals surface area contributed by atoms with Crippen LogP contribution in [0.15, 0.2) is 0 Å². The molecule has 1 heterocycles. The zero-order valence-corrected chi connectivity index (χ0v) is 12.8. The molecule has 1 N–H and O–H groups in total. The fraction of sp³-hybridized carbons (Fsp3) is 1.00. The van der Waals surface area contributed by atoms with Gasteiger partial charge in [0.25, 0.3) is 0 Å². The zero-order valence-electron chi connectivity index (χ0n) is 12.8. The number of hydrogen-bond donors (Lipinski definition) is 1. The Morgan fingerprint density at radius 1 is 1.26 bits per heavy atom. The fourth-order valence-corrected chi connectivity index (χ4v) is 3.63. The lowest BCUT2D eigenvalue weighted by Crippen LogP contribution is -2.65. The molecule has 19 heavy (non-hydrogen) atoms. The Morgan fingerprint density at radius 3 is 2.58 bits per heavy atom. The van der Waals surface area contributed by atoms with Crippen molar-refractivity contribution in [2.45, 2.75) is 64.1 Å². The van der Waals surface area contributed by atoms with E-state index in [2.05, 4.69) is 31.0 Å². The molecule has 2 aliphatic carbocycles. The van der Waals surface area contributed by atoms with Gasteiger partial charge in [-0.2, -0.15) is 0 Å². The highest BCUT2D eigenvalue weighted by atomic mass is 16.5. The number of nitrogens with zero attached hydrogens (tertiary/aromatic N) is 1. The summed E-state index contributed by atoms with van der Waals surface area (Å²) in [6, 6.07) is 0.742. The molecule has 3 nitrogen and oxygen atoms in total. The standard InChI is InChI=1S/C16H30N2O/c1-12(2)19-9-8-18-10-15(13-4-5-13)17-11-16(18,3)14-6-7-14/h12-15,17H,4-11H2,1-3H3. The van der Waals surface area contributed by atoms with E-state index in [-0.39, 0.29) is 0 Å². The summed E-state index contributed by atoms with van der Waals surface area (Å²) in [5, 5.41) is 3.84. The number of ether oxygens (including phenoxy) is 1. The van der Waals surface area contributed by atoms with Crippen molar-refractivity contribution in [2.75, 3.05) is 26.2 Å². The van der Waals surface area contributed by atoms with E-state index < -0.39 is 0 Å². The molecule has 3 fully saturated rings. The first kappa shape index (κ1) is 13.8. The van der Waals surface area contributed by atoms with Gasteiger partial charge in [0, 0.05) is 31.2 Å². The van der Waals surface area contributed by atoms with E-state index in [1.807, 2.05) is 0 Å². The van der Waals surface area contributed by atoms with Crippen LogP contribution in [0, 0.1) is 11.8 Å². The van der Waals surface area contributed by atoms with Crippen molar-refractivity contribution in [2.24, 2.45) is 11.8 Å². The van der Waals surface area contributed by atoms with Gasteiger partial charge in [0.2, 0.25) is 0 Å². The average molecular weight is 266 g/mol. The Balaban J connectivity index is 1.59. The van der Waals surface area contributed by atoms with Gasteiger partial charge in [-0.15, -0.1) is 0 Å². The first-order chi connectivity index (χ1) is 9.09. The lowest BCUT2D eigenvalue weighted by atomic mass is 9.88. The molecule has 0 bridgehead atoms. The molecule has 2 saturated carbocycles. The molecule has 0 spiro atoms. The number of piperazine rings is 1. The second-order valence-corrected chi connectivity index (χ2v) is 7.32. The van der Waals surface area contributed by atoms with E-state index in [9.17, 15) is 0 Å². The number of hydrogen-bond acceptors (Lipinski definition) is 3. The summed E-state index contributed by atoms with van der Waals surface area (Å²) in [4.78, 5) is 2.74. The van der Waals surface area contributed by atoms with Crippen molar-refractivity contribution in [3.8, 4) is 0 Å². The van der Waals surface area contributed by atoms with Crippen molar-refractivity contribution in [3.63, 3.8) is 0 Å². The Kier molecular flexibility index (Phi) is 3.89. The lowest BCUT2D eigenvalue weighted by Gasteiger charge is -2.49. The van der Waals surface area contributed by atoms with Gasteiger partial charge >= 0.3 is 0 Å². The SMILES string of the molecule is CC(C)OCCN1CC(C2CC2)NCC1(C)C1CC1. The molecule has 1 aliphatic heterocycles. The minimum atomic E-state index is 0.356. The van der Waals surface area contributed by atoms with Gasteiger partial charge in [0.15, 0.2) is 0 Å². The van der Waals surface area contributed by atoms with Crippen LogP contribution >= 0.6 is 0 Å². The zero-order chi connectivity index (χ0) is 13.5. The third-order valence-electron chi connectivity index (χ3n) is 5.32. The molecular formula is C16H30N2O. The monoisotopic (exact) mass is 266 g/mol.